The highest BCUT2D eigenvalue weighted by atomic mass is 16.5. The van der Waals surface area contributed by atoms with Crippen LogP contribution in [0.25, 0.3) is 0 Å². The van der Waals surface area contributed by atoms with Crippen LogP contribution in [0.4, 0.5) is 0 Å². The average Bonchev–Trinajstić information content (AvgIpc) is 2.48. The van der Waals surface area contributed by atoms with E-state index in [0.29, 0.717) is 6.04 Å². The van der Waals surface area contributed by atoms with E-state index >= 15 is 0 Å². The molecule has 0 aliphatic heterocycles. The molecular weight excluding hydrogens is 258 g/mol. The van der Waals surface area contributed by atoms with Crippen LogP contribution in [0.1, 0.15) is 35.4 Å². The van der Waals surface area contributed by atoms with Gasteiger partial charge >= 0.3 is 0 Å². The van der Waals surface area contributed by atoms with Gasteiger partial charge in [0.2, 0.25) is 0 Å². The van der Waals surface area contributed by atoms with E-state index in [2.05, 4.69) is 48.6 Å². The van der Waals surface area contributed by atoms with Gasteiger partial charge in [-0.25, -0.2) is 0 Å². The molecule has 0 unspecified atom stereocenters. The molecule has 0 spiro atoms. The Hall–Kier alpha value is -1.80. The summed E-state index contributed by atoms with van der Waals surface area (Å²) in [6, 6.07) is 17.7. The second-order valence-electron chi connectivity index (χ2n) is 5.95. The summed E-state index contributed by atoms with van der Waals surface area (Å²) < 4.78 is 5.18. The first-order valence-electron chi connectivity index (χ1n) is 7.68. The molecule has 0 atom stereocenters. The lowest BCUT2D eigenvalue weighted by molar-refractivity contribution is 0.289. The Morgan fingerprint density at radius 1 is 1.05 bits per heavy atom. The zero-order valence-corrected chi connectivity index (χ0v) is 12.8. The first-order chi connectivity index (χ1) is 10.3. The molecule has 0 aromatic heterocycles. The van der Waals surface area contributed by atoms with Crippen molar-refractivity contribution in [3.05, 3.63) is 65.2 Å². The first-order valence-corrected chi connectivity index (χ1v) is 7.68. The van der Waals surface area contributed by atoms with E-state index in [-0.39, 0.29) is 0 Å². The maximum atomic E-state index is 5.18. The average molecular weight is 281 g/mol. The van der Waals surface area contributed by atoms with Gasteiger partial charge in [-0.15, -0.1) is 0 Å². The number of methoxy groups -OCH3 is 1. The molecule has 0 heterocycles. The molecule has 1 fully saturated rings. The lowest BCUT2D eigenvalue weighted by Gasteiger charge is -2.37. The van der Waals surface area contributed by atoms with Gasteiger partial charge in [0.25, 0.3) is 0 Å². The smallest absolute Gasteiger partial charge is 0.118 e. The van der Waals surface area contributed by atoms with Gasteiger partial charge in [0.15, 0.2) is 0 Å². The van der Waals surface area contributed by atoms with E-state index in [1.165, 1.54) is 29.5 Å². The van der Waals surface area contributed by atoms with E-state index in [9.17, 15) is 0 Å². The molecule has 1 aliphatic rings. The van der Waals surface area contributed by atoms with E-state index in [0.717, 1.165) is 18.2 Å². The highest BCUT2D eigenvalue weighted by molar-refractivity contribution is 5.31. The molecule has 0 saturated heterocycles. The van der Waals surface area contributed by atoms with Crippen LogP contribution in [0.2, 0.25) is 0 Å². The van der Waals surface area contributed by atoms with Crippen molar-refractivity contribution in [3.8, 4) is 5.75 Å². The molecule has 21 heavy (non-hydrogen) atoms. The summed E-state index contributed by atoms with van der Waals surface area (Å²) in [5, 5.41) is 3.65. The number of nitrogens with one attached hydrogen (secondary N) is 1. The van der Waals surface area contributed by atoms with E-state index in [1.807, 2.05) is 12.1 Å². The molecule has 0 amide bonds. The molecule has 1 aliphatic carbocycles. The fourth-order valence-corrected chi connectivity index (χ4v) is 3.09. The second kappa shape index (κ2) is 6.31. The minimum Gasteiger partial charge on any atom is -0.497 e. The first kappa shape index (κ1) is 14.2. The van der Waals surface area contributed by atoms with Crippen molar-refractivity contribution in [2.75, 3.05) is 7.11 Å². The van der Waals surface area contributed by atoms with Crippen molar-refractivity contribution in [2.45, 2.75) is 38.3 Å². The van der Waals surface area contributed by atoms with Gasteiger partial charge in [-0.05, 0) is 54.5 Å². The van der Waals surface area contributed by atoms with Gasteiger partial charge in [-0.1, -0.05) is 36.4 Å². The number of ether oxygens (including phenoxy) is 1. The standard InChI is InChI=1S/C19H23NO/c1-14-5-3-4-6-19(14)16-11-17(12-16)20-13-15-7-9-18(21-2)10-8-15/h3-10,16-17,20H,11-13H2,1-2H3. The Morgan fingerprint density at radius 3 is 2.43 bits per heavy atom. The summed E-state index contributed by atoms with van der Waals surface area (Å²) in [6.45, 7) is 3.16. The summed E-state index contributed by atoms with van der Waals surface area (Å²) in [5.74, 6) is 1.65. The molecule has 1 N–H and O–H groups in total. The van der Waals surface area contributed by atoms with Crippen molar-refractivity contribution in [3.63, 3.8) is 0 Å². The Kier molecular flexibility index (Phi) is 4.26. The van der Waals surface area contributed by atoms with Crippen LogP contribution in [-0.4, -0.2) is 13.2 Å². The molecule has 0 radical (unpaired) electrons. The second-order valence-corrected chi connectivity index (χ2v) is 5.95. The summed E-state index contributed by atoms with van der Waals surface area (Å²) in [6.07, 6.45) is 2.50. The SMILES string of the molecule is COc1ccc(CNC2CC(c3ccccc3C)C2)cc1. The molecule has 2 aromatic carbocycles. The number of benzene rings is 2. The largest absolute Gasteiger partial charge is 0.497 e. The fraction of sp³-hybridized carbons (Fsp3) is 0.368. The summed E-state index contributed by atoms with van der Waals surface area (Å²) in [7, 11) is 1.70. The van der Waals surface area contributed by atoms with Gasteiger partial charge in [0.1, 0.15) is 5.75 Å². The van der Waals surface area contributed by atoms with Crippen LogP contribution in [0.5, 0.6) is 5.75 Å². The number of rotatable bonds is 5. The summed E-state index contributed by atoms with van der Waals surface area (Å²) in [5.41, 5.74) is 4.27. The van der Waals surface area contributed by atoms with Crippen LogP contribution in [0, 0.1) is 6.92 Å². The fourth-order valence-electron chi connectivity index (χ4n) is 3.09. The van der Waals surface area contributed by atoms with Crippen molar-refractivity contribution < 1.29 is 4.74 Å². The minimum absolute atomic E-state index is 0.650. The topological polar surface area (TPSA) is 21.3 Å². The van der Waals surface area contributed by atoms with Crippen LogP contribution >= 0.6 is 0 Å². The molecule has 3 rings (SSSR count). The van der Waals surface area contributed by atoms with Gasteiger partial charge in [-0.3, -0.25) is 0 Å². The summed E-state index contributed by atoms with van der Waals surface area (Å²) in [4.78, 5) is 0. The third kappa shape index (κ3) is 3.27. The Balaban J connectivity index is 1.48. The van der Waals surface area contributed by atoms with Gasteiger partial charge in [0, 0.05) is 12.6 Å². The van der Waals surface area contributed by atoms with Crippen molar-refractivity contribution in [1.82, 2.24) is 5.32 Å². The van der Waals surface area contributed by atoms with Gasteiger partial charge < -0.3 is 10.1 Å². The zero-order valence-electron chi connectivity index (χ0n) is 12.8. The van der Waals surface area contributed by atoms with Gasteiger partial charge in [0.05, 0.1) is 7.11 Å². The molecule has 2 heteroatoms. The molecule has 110 valence electrons. The zero-order chi connectivity index (χ0) is 14.7. The quantitative estimate of drug-likeness (QED) is 0.893. The Labute approximate surface area is 127 Å². The highest BCUT2D eigenvalue weighted by Gasteiger charge is 2.30. The number of hydrogen-bond acceptors (Lipinski definition) is 2. The minimum atomic E-state index is 0.650. The van der Waals surface area contributed by atoms with Crippen molar-refractivity contribution >= 4 is 0 Å². The predicted molar refractivity (Wildman–Crippen MR) is 86.8 cm³/mol. The van der Waals surface area contributed by atoms with Crippen LogP contribution in [0.15, 0.2) is 48.5 Å². The maximum absolute atomic E-state index is 5.18. The Morgan fingerprint density at radius 2 is 1.76 bits per heavy atom. The van der Waals surface area contributed by atoms with E-state index < -0.39 is 0 Å². The monoisotopic (exact) mass is 281 g/mol. The highest BCUT2D eigenvalue weighted by Crippen LogP contribution is 2.38. The van der Waals surface area contributed by atoms with Crippen LogP contribution in [0.3, 0.4) is 0 Å². The molecule has 1 saturated carbocycles. The molecule has 0 bridgehead atoms. The predicted octanol–water partition coefficient (Wildman–Crippen LogP) is 4.04. The third-order valence-electron chi connectivity index (χ3n) is 4.52. The maximum Gasteiger partial charge on any atom is 0.118 e. The third-order valence-corrected chi connectivity index (χ3v) is 4.52. The Bertz CT molecular complexity index is 585. The summed E-state index contributed by atoms with van der Waals surface area (Å²) >= 11 is 0. The van der Waals surface area contributed by atoms with Crippen LogP contribution < -0.4 is 10.1 Å². The number of aryl methyl sites for hydroxylation is 1. The molecule has 2 nitrogen and oxygen atoms in total. The number of hydrogen-bond donors (Lipinski definition) is 1. The van der Waals surface area contributed by atoms with E-state index in [4.69, 9.17) is 4.74 Å². The molecule has 2 aromatic rings. The van der Waals surface area contributed by atoms with E-state index in [1.54, 1.807) is 7.11 Å². The van der Waals surface area contributed by atoms with Crippen LogP contribution in [-0.2, 0) is 6.54 Å². The lowest BCUT2D eigenvalue weighted by atomic mass is 9.74. The normalized spacial score (nSPS) is 20.9. The van der Waals surface area contributed by atoms with Crippen molar-refractivity contribution in [2.24, 2.45) is 0 Å². The molecular formula is C19H23NO. The van der Waals surface area contributed by atoms with Crippen molar-refractivity contribution in [1.29, 1.82) is 0 Å². The lowest BCUT2D eigenvalue weighted by Crippen LogP contribution is -2.39. The van der Waals surface area contributed by atoms with Gasteiger partial charge in [-0.2, -0.15) is 0 Å².